The van der Waals surface area contributed by atoms with Gasteiger partial charge in [-0.3, -0.25) is 9.36 Å². The Labute approximate surface area is 212 Å². The number of nitrogens with zero attached hydrogens (tertiary/aromatic N) is 1. The van der Waals surface area contributed by atoms with Gasteiger partial charge in [-0.25, -0.2) is 8.78 Å². The van der Waals surface area contributed by atoms with Crippen molar-refractivity contribution in [2.75, 3.05) is 7.11 Å². The van der Waals surface area contributed by atoms with E-state index in [-0.39, 0.29) is 23.8 Å². The van der Waals surface area contributed by atoms with Gasteiger partial charge in [-0.1, -0.05) is 30.3 Å². The Hall–Kier alpha value is -4.71. The van der Waals surface area contributed by atoms with E-state index in [2.05, 4.69) is 0 Å². The standard InChI is InChI=1S/C31H21F2NO3/c1-36-24-16-14-23(15-17-24)34-30(20-8-12-22(33)13-9-20)28(19-6-10-21(32)11-7-19)29-25-4-2-3-5-27(25)37-18-26(29)31(34)35/h2-17H,18H2,1H3. The van der Waals surface area contributed by atoms with Gasteiger partial charge in [0.25, 0.3) is 5.56 Å². The molecule has 5 aromatic rings. The van der Waals surface area contributed by atoms with Crippen molar-refractivity contribution in [3.63, 3.8) is 0 Å². The summed E-state index contributed by atoms with van der Waals surface area (Å²) in [6, 6.07) is 26.9. The molecule has 0 saturated heterocycles. The minimum absolute atomic E-state index is 0.0826. The molecule has 0 atom stereocenters. The first-order valence-corrected chi connectivity index (χ1v) is 11.8. The van der Waals surface area contributed by atoms with Crippen molar-refractivity contribution in [1.29, 1.82) is 0 Å². The molecule has 0 bridgehead atoms. The van der Waals surface area contributed by atoms with Crippen LogP contribution in [-0.2, 0) is 6.61 Å². The number of rotatable bonds is 4. The molecule has 1 aliphatic rings. The Bertz CT molecular complexity index is 1670. The van der Waals surface area contributed by atoms with Gasteiger partial charge in [0.15, 0.2) is 0 Å². The van der Waals surface area contributed by atoms with E-state index < -0.39 is 0 Å². The fraction of sp³-hybridized carbons (Fsp3) is 0.0645. The Morgan fingerprint density at radius 2 is 1.38 bits per heavy atom. The van der Waals surface area contributed by atoms with Crippen molar-refractivity contribution in [2.24, 2.45) is 0 Å². The van der Waals surface area contributed by atoms with Crippen LogP contribution >= 0.6 is 0 Å². The predicted molar refractivity (Wildman–Crippen MR) is 139 cm³/mol. The van der Waals surface area contributed by atoms with Crippen molar-refractivity contribution >= 4 is 0 Å². The molecule has 0 unspecified atom stereocenters. The number of benzene rings is 4. The summed E-state index contributed by atoms with van der Waals surface area (Å²) < 4.78 is 40.9. The minimum Gasteiger partial charge on any atom is -0.497 e. The molecule has 6 heteroatoms. The smallest absolute Gasteiger partial charge is 0.262 e. The highest BCUT2D eigenvalue weighted by Crippen LogP contribution is 2.46. The number of methoxy groups -OCH3 is 1. The Morgan fingerprint density at radius 3 is 2.03 bits per heavy atom. The lowest BCUT2D eigenvalue weighted by molar-refractivity contribution is 0.300. The molecular weight excluding hydrogens is 472 g/mol. The van der Waals surface area contributed by atoms with Crippen LogP contribution in [0.2, 0.25) is 0 Å². The second-order valence-corrected chi connectivity index (χ2v) is 8.71. The molecular formula is C31H21F2NO3. The highest BCUT2D eigenvalue weighted by Gasteiger charge is 2.30. The SMILES string of the molecule is COc1ccc(-n2c(-c3ccc(F)cc3)c(-c3ccc(F)cc3)c3c(c2=O)COc2ccccc2-3)cc1. The third-order valence-electron chi connectivity index (χ3n) is 6.58. The summed E-state index contributed by atoms with van der Waals surface area (Å²) in [5.74, 6) is 0.550. The molecule has 4 nitrogen and oxygen atoms in total. The second kappa shape index (κ2) is 9.06. The zero-order chi connectivity index (χ0) is 25.5. The summed E-state index contributed by atoms with van der Waals surface area (Å²) in [7, 11) is 1.57. The van der Waals surface area contributed by atoms with Crippen LogP contribution in [0.1, 0.15) is 5.56 Å². The maximum atomic E-state index is 14.2. The number of ether oxygens (including phenoxy) is 2. The van der Waals surface area contributed by atoms with E-state index in [0.717, 1.165) is 22.3 Å². The first-order valence-electron chi connectivity index (χ1n) is 11.8. The van der Waals surface area contributed by atoms with Gasteiger partial charge >= 0.3 is 0 Å². The monoisotopic (exact) mass is 493 g/mol. The van der Waals surface area contributed by atoms with Crippen molar-refractivity contribution in [2.45, 2.75) is 6.61 Å². The average Bonchev–Trinajstić information content (AvgIpc) is 2.94. The van der Waals surface area contributed by atoms with Gasteiger partial charge in [-0.2, -0.15) is 0 Å². The van der Waals surface area contributed by atoms with Gasteiger partial charge in [0.05, 0.1) is 18.4 Å². The molecule has 0 amide bonds. The molecule has 0 radical (unpaired) electrons. The molecule has 0 spiro atoms. The van der Waals surface area contributed by atoms with Crippen LogP contribution in [-0.4, -0.2) is 11.7 Å². The van der Waals surface area contributed by atoms with Crippen LogP contribution in [0.15, 0.2) is 102 Å². The predicted octanol–water partition coefficient (Wildman–Crippen LogP) is 7.02. The molecule has 0 fully saturated rings. The first-order chi connectivity index (χ1) is 18.0. The summed E-state index contributed by atoms with van der Waals surface area (Å²) in [6.45, 7) is 0.0826. The lowest BCUT2D eigenvalue weighted by Gasteiger charge is -2.28. The highest BCUT2D eigenvalue weighted by atomic mass is 19.1. The van der Waals surface area contributed by atoms with Gasteiger partial charge in [0.2, 0.25) is 0 Å². The van der Waals surface area contributed by atoms with E-state index in [1.165, 1.54) is 24.3 Å². The van der Waals surface area contributed by atoms with Crippen LogP contribution in [0.3, 0.4) is 0 Å². The van der Waals surface area contributed by atoms with Crippen LogP contribution in [0, 0.1) is 11.6 Å². The van der Waals surface area contributed by atoms with Crippen LogP contribution in [0.4, 0.5) is 8.78 Å². The lowest BCUT2D eigenvalue weighted by atomic mass is 9.86. The van der Waals surface area contributed by atoms with Gasteiger partial charge < -0.3 is 9.47 Å². The zero-order valence-electron chi connectivity index (χ0n) is 19.9. The zero-order valence-corrected chi connectivity index (χ0v) is 19.9. The number of halogens is 2. The van der Waals surface area contributed by atoms with Gasteiger partial charge in [0, 0.05) is 22.4 Å². The Kier molecular flexibility index (Phi) is 5.57. The number of aromatic nitrogens is 1. The summed E-state index contributed by atoms with van der Waals surface area (Å²) in [5, 5.41) is 0. The quantitative estimate of drug-likeness (QED) is 0.270. The van der Waals surface area contributed by atoms with Crippen LogP contribution < -0.4 is 15.0 Å². The molecule has 0 aliphatic carbocycles. The fourth-order valence-corrected chi connectivity index (χ4v) is 4.86. The summed E-state index contributed by atoms with van der Waals surface area (Å²) in [6.07, 6.45) is 0. The summed E-state index contributed by atoms with van der Waals surface area (Å²) in [5.41, 5.74) is 4.99. The maximum absolute atomic E-state index is 14.2. The molecule has 4 aromatic carbocycles. The normalized spacial score (nSPS) is 11.9. The third-order valence-corrected chi connectivity index (χ3v) is 6.58. The average molecular weight is 494 g/mol. The van der Waals surface area contributed by atoms with Crippen molar-refractivity contribution in [3.05, 3.63) is 125 Å². The number of pyridine rings is 1. The van der Waals surface area contributed by atoms with Crippen LogP contribution in [0.5, 0.6) is 11.5 Å². The van der Waals surface area contributed by atoms with Gasteiger partial charge in [0.1, 0.15) is 29.7 Å². The number of para-hydroxylation sites is 1. The van der Waals surface area contributed by atoms with E-state index in [4.69, 9.17) is 9.47 Å². The highest BCUT2D eigenvalue weighted by molar-refractivity contribution is 5.97. The molecule has 0 N–H and O–H groups in total. The first kappa shape index (κ1) is 22.7. The van der Waals surface area contributed by atoms with Crippen molar-refractivity contribution in [1.82, 2.24) is 4.57 Å². The number of fused-ring (bicyclic) bond motifs is 3. The number of hydrogen-bond acceptors (Lipinski definition) is 3. The topological polar surface area (TPSA) is 40.5 Å². The van der Waals surface area contributed by atoms with Crippen molar-refractivity contribution < 1.29 is 18.3 Å². The van der Waals surface area contributed by atoms with E-state index in [1.54, 1.807) is 60.2 Å². The van der Waals surface area contributed by atoms with Crippen LogP contribution in [0.25, 0.3) is 39.2 Å². The lowest BCUT2D eigenvalue weighted by Crippen LogP contribution is -2.28. The second-order valence-electron chi connectivity index (χ2n) is 8.71. The summed E-state index contributed by atoms with van der Waals surface area (Å²) >= 11 is 0. The van der Waals surface area contributed by atoms with Gasteiger partial charge in [-0.15, -0.1) is 0 Å². The molecule has 1 aliphatic heterocycles. The largest absolute Gasteiger partial charge is 0.497 e. The molecule has 37 heavy (non-hydrogen) atoms. The third kappa shape index (κ3) is 3.87. The van der Waals surface area contributed by atoms with E-state index in [1.807, 2.05) is 24.3 Å². The maximum Gasteiger partial charge on any atom is 0.262 e. The summed E-state index contributed by atoms with van der Waals surface area (Å²) in [4.78, 5) is 14.2. The van der Waals surface area contributed by atoms with E-state index >= 15 is 0 Å². The molecule has 0 saturated carbocycles. The molecule has 6 rings (SSSR count). The Balaban J connectivity index is 1.80. The minimum atomic E-state index is -0.387. The Morgan fingerprint density at radius 1 is 0.757 bits per heavy atom. The van der Waals surface area contributed by atoms with E-state index in [9.17, 15) is 13.6 Å². The van der Waals surface area contributed by atoms with Crippen molar-refractivity contribution in [3.8, 4) is 50.7 Å². The molecule has 2 heterocycles. The molecule has 182 valence electrons. The fourth-order valence-electron chi connectivity index (χ4n) is 4.86. The molecule has 1 aromatic heterocycles. The number of hydrogen-bond donors (Lipinski definition) is 0. The van der Waals surface area contributed by atoms with E-state index in [0.29, 0.717) is 34.0 Å². The van der Waals surface area contributed by atoms with Gasteiger partial charge in [-0.05, 0) is 77.9 Å².